The number of carbonyl (C=O) groups excluding carboxylic acids is 1. The molecule has 0 aliphatic rings. The van der Waals surface area contributed by atoms with Crippen LogP contribution in [-0.4, -0.2) is 32.4 Å². The van der Waals surface area contributed by atoms with Gasteiger partial charge in [-0.3, -0.25) is 0 Å². The molecule has 0 amide bonds. The molecule has 0 saturated carbocycles. The van der Waals surface area contributed by atoms with Crippen molar-refractivity contribution in [1.82, 2.24) is 0 Å². The summed E-state index contributed by atoms with van der Waals surface area (Å²) in [6.45, 7) is 4.81. The molecule has 18 heavy (non-hydrogen) atoms. The van der Waals surface area contributed by atoms with Crippen molar-refractivity contribution in [2.45, 2.75) is 20.0 Å². The van der Waals surface area contributed by atoms with E-state index in [9.17, 15) is 4.79 Å². The number of para-hydroxylation sites is 1. The Bertz CT molecular complexity index is 406. The van der Waals surface area contributed by atoms with Gasteiger partial charge in [-0.2, -0.15) is 0 Å². The summed E-state index contributed by atoms with van der Waals surface area (Å²) < 4.78 is 15.6. The van der Waals surface area contributed by atoms with Crippen LogP contribution in [0, 0.1) is 0 Å². The predicted molar refractivity (Wildman–Crippen MR) is 68.8 cm³/mol. The van der Waals surface area contributed by atoms with Crippen LogP contribution in [0.15, 0.2) is 18.2 Å². The number of ether oxygens (including phenoxy) is 3. The minimum absolute atomic E-state index is 0.196. The summed E-state index contributed by atoms with van der Waals surface area (Å²) >= 11 is 0. The fraction of sp³-hybridized carbons (Fsp3) is 0.462. The van der Waals surface area contributed by atoms with Crippen molar-refractivity contribution in [3.8, 4) is 5.75 Å². The van der Waals surface area contributed by atoms with E-state index < -0.39 is 5.97 Å². The van der Waals surface area contributed by atoms with Crippen LogP contribution in [0.4, 0.5) is 5.69 Å². The van der Waals surface area contributed by atoms with E-state index in [0.717, 1.165) is 0 Å². The molecular formula is C13H19NO4. The Hall–Kier alpha value is -1.75. The van der Waals surface area contributed by atoms with Crippen LogP contribution < -0.4 is 10.5 Å². The number of esters is 1. The maximum atomic E-state index is 11.6. The summed E-state index contributed by atoms with van der Waals surface area (Å²) in [5.74, 6) is -0.127. The first-order chi connectivity index (χ1) is 8.60. The van der Waals surface area contributed by atoms with Crippen molar-refractivity contribution in [2.75, 3.05) is 26.1 Å². The van der Waals surface area contributed by atoms with Crippen LogP contribution in [0.1, 0.15) is 24.2 Å². The number of nitrogen functional groups attached to an aromatic ring is 1. The predicted octanol–water partition coefficient (Wildman–Crippen LogP) is 1.86. The molecule has 0 bridgehead atoms. The molecule has 1 aromatic carbocycles. The Labute approximate surface area is 107 Å². The van der Waals surface area contributed by atoms with Gasteiger partial charge in [0, 0.05) is 6.61 Å². The van der Waals surface area contributed by atoms with E-state index >= 15 is 0 Å². The summed E-state index contributed by atoms with van der Waals surface area (Å²) in [4.78, 5) is 11.6. The third-order valence-corrected chi connectivity index (χ3v) is 2.33. The van der Waals surface area contributed by atoms with Crippen LogP contribution in [0.2, 0.25) is 0 Å². The largest absolute Gasteiger partial charge is 0.485 e. The summed E-state index contributed by atoms with van der Waals surface area (Å²) in [5.41, 5.74) is 6.54. The molecule has 5 nitrogen and oxygen atoms in total. The number of anilines is 1. The van der Waals surface area contributed by atoms with Crippen LogP contribution in [0.25, 0.3) is 0 Å². The van der Waals surface area contributed by atoms with E-state index in [1.54, 1.807) is 18.2 Å². The number of benzene rings is 1. The summed E-state index contributed by atoms with van der Waals surface area (Å²) in [7, 11) is 1.32. The van der Waals surface area contributed by atoms with Gasteiger partial charge in [0.15, 0.2) is 5.75 Å². The lowest BCUT2D eigenvalue weighted by Gasteiger charge is -2.18. The van der Waals surface area contributed by atoms with Crippen LogP contribution in [0.5, 0.6) is 5.75 Å². The molecule has 0 radical (unpaired) electrons. The maximum Gasteiger partial charge on any atom is 0.341 e. The first kappa shape index (κ1) is 14.3. The minimum atomic E-state index is -0.471. The van der Waals surface area contributed by atoms with Gasteiger partial charge in [-0.15, -0.1) is 0 Å². The number of nitrogens with two attached hydrogens (primary N) is 1. The molecule has 0 aliphatic carbocycles. The van der Waals surface area contributed by atoms with Gasteiger partial charge in [0.2, 0.25) is 0 Å². The Morgan fingerprint density at radius 1 is 1.44 bits per heavy atom. The van der Waals surface area contributed by atoms with Crippen molar-refractivity contribution in [2.24, 2.45) is 0 Å². The minimum Gasteiger partial charge on any atom is -0.485 e. The lowest BCUT2D eigenvalue weighted by atomic mass is 10.1. The normalized spacial score (nSPS) is 11.9. The number of hydrogen-bond acceptors (Lipinski definition) is 5. The number of rotatable bonds is 6. The van der Waals surface area contributed by atoms with E-state index in [-0.39, 0.29) is 6.10 Å². The Morgan fingerprint density at radius 3 is 2.78 bits per heavy atom. The molecule has 0 heterocycles. The van der Waals surface area contributed by atoms with Crippen molar-refractivity contribution >= 4 is 11.7 Å². The third kappa shape index (κ3) is 3.63. The van der Waals surface area contributed by atoms with Crippen molar-refractivity contribution < 1.29 is 19.0 Å². The first-order valence-corrected chi connectivity index (χ1v) is 5.81. The summed E-state index contributed by atoms with van der Waals surface area (Å²) in [6, 6.07) is 4.97. The van der Waals surface area contributed by atoms with E-state index in [0.29, 0.717) is 30.2 Å². The molecule has 1 rings (SSSR count). The second-order valence-electron chi connectivity index (χ2n) is 3.80. The first-order valence-electron chi connectivity index (χ1n) is 5.81. The molecule has 1 unspecified atom stereocenters. The second-order valence-corrected chi connectivity index (χ2v) is 3.80. The molecular weight excluding hydrogens is 234 g/mol. The molecule has 2 N–H and O–H groups in total. The highest BCUT2D eigenvalue weighted by Gasteiger charge is 2.17. The lowest BCUT2D eigenvalue weighted by Crippen LogP contribution is -2.21. The number of hydrogen-bond donors (Lipinski definition) is 1. The van der Waals surface area contributed by atoms with Gasteiger partial charge in [0.1, 0.15) is 11.7 Å². The molecule has 1 aromatic rings. The van der Waals surface area contributed by atoms with Crippen molar-refractivity contribution in [3.63, 3.8) is 0 Å². The molecule has 0 spiro atoms. The average Bonchev–Trinajstić information content (AvgIpc) is 2.37. The van der Waals surface area contributed by atoms with E-state index in [2.05, 4.69) is 4.74 Å². The highest BCUT2D eigenvalue weighted by molar-refractivity contribution is 5.94. The zero-order chi connectivity index (χ0) is 13.5. The Kier molecular flexibility index (Phi) is 5.45. The number of carbonyl (C=O) groups is 1. The topological polar surface area (TPSA) is 70.8 Å². The smallest absolute Gasteiger partial charge is 0.341 e. The molecule has 0 aliphatic heterocycles. The monoisotopic (exact) mass is 253 g/mol. The zero-order valence-corrected chi connectivity index (χ0v) is 10.9. The van der Waals surface area contributed by atoms with Crippen molar-refractivity contribution in [3.05, 3.63) is 23.8 Å². The van der Waals surface area contributed by atoms with Gasteiger partial charge < -0.3 is 19.9 Å². The van der Waals surface area contributed by atoms with E-state index in [4.69, 9.17) is 15.2 Å². The molecule has 0 aromatic heterocycles. The summed E-state index contributed by atoms with van der Waals surface area (Å²) in [5, 5.41) is 0. The van der Waals surface area contributed by atoms with Gasteiger partial charge in [-0.05, 0) is 26.0 Å². The van der Waals surface area contributed by atoms with Gasteiger partial charge in [-0.25, -0.2) is 4.79 Å². The highest BCUT2D eigenvalue weighted by Crippen LogP contribution is 2.28. The van der Waals surface area contributed by atoms with Crippen LogP contribution in [-0.2, 0) is 9.47 Å². The fourth-order valence-electron chi connectivity index (χ4n) is 1.48. The van der Waals surface area contributed by atoms with Crippen molar-refractivity contribution in [1.29, 1.82) is 0 Å². The van der Waals surface area contributed by atoms with Crippen LogP contribution in [0.3, 0.4) is 0 Å². The third-order valence-electron chi connectivity index (χ3n) is 2.33. The van der Waals surface area contributed by atoms with Gasteiger partial charge in [0.25, 0.3) is 0 Å². The van der Waals surface area contributed by atoms with Crippen LogP contribution >= 0.6 is 0 Å². The lowest BCUT2D eigenvalue weighted by molar-refractivity contribution is 0.0555. The fourth-order valence-corrected chi connectivity index (χ4v) is 1.48. The standard InChI is InChI=1S/C13H19NO4/c1-4-17-8-9(2)18-12-10(13(15)16-3)6-5-7-11(12)14/h5-7,9H,4,8,14H2,1-3H3. The molecule has 0 fully saturated rings. The highest BCUT2D eigenvalue weighted by atomic mass is 16.5. The summed E-state index contributed by atoms with van der Waals surface area (Å²) in [6.07, 6.45) is -0.196. The quantitative estimate of drug-likeness (QED) is 0.619. The molecule has 100 valence electrons. The van der Waals surface area contributed by atoms with Gasteiger partial charge in [-0.1, -0.05) is 6.07 Å². The SMILES string of the molecule is CCOCC(C)Oc1c(N)cccc1C(=O)OC. The molecule has 0 saturated heterocycles. The Morgan fingerprint density at radius 2 is 2.17 bits per heavy atom. The molecule has 5 heteroatoms. The average molecular weight is 253 g/mol. The van der Waals surface area contributed by atoms with E-state index in [1.807, 2.05) is 13.8 Å². The zero-order valence-electron chi connectivity index (χ0n) is 10.9. The van der Waals surface area contributed by atoms with E-state index in [1.165, 1.54) is 7.11 Å². The molecule has 1 atom stereocenters. The number of methoxy groups -OCH3 is 1. The maximum absolute atomic E-state index is 11.6. The Balaban J connectivity index is 2.89. The second kappa shape index (κ2) is 6.86. The van der Waals surface area contributed by atoms with Gasteiger partial charge in [0.05, 0.1) is 19.4 Å². The van der Waals surface area contributed by atoms with Gasteiger partial charge >= 0.3 is 5.97 Å².